The maximum absolute atomic E-state index is 12.8. The van der Waals surface area contributed by atoms with Crippen LogP contribution in [0.15, 0.2) is 76.5 Å². The number of rotatable bonds is 11. The maximum Gasteiger partial charge on any atom is 0.262 e. The van der Waals surface area contributed by atoms with E-state index in [1.807, 2.05) is 6.92 Å². The molecule has 3 aromatic rings. The molecule has 0 saturated heterocycles. The number of aryl methyl sites for hydroxylation is 1. The summed E-state index contributed by atoms with van der Waals surface area (Å²) in [4.78, 5) is 12.6. The Labute approximate surface area is 205 Å². The van der Waals surface area contributed by atoms with Gasteiger partial charge in [0.05, 0.1) is 35.5 Å². The molecule has 0 aromatic heterocycles. The van der Waals surface area contributed by atoms with E-state index in [4.69, 9.17) is 9.47 Å². The summed E-state index contributed by atoms with van der Waals surface area (Å²) in [5.74, 6) is 0.252. The number of hydrogen-bond donors (Lipinski definition) is 1. The van der Waals surface area contributed by atoms with E-state index in [9.17, 15) is 21.6 Å². The Kier molecular flexibility index (Phi) is 8.18. The lowest BCUT2D eigenvalue weighted by Gasteiger charge is -2.13. The summed E-state index contributed by atoms with van der Waals surface area (Å²) in [6.45, 7) is 1.86. The van der Waals surface area contributed by atoms with Crippen molar-refractivity contribution in [2.24, 2.45) is 0 Å². The minimum atomic E-state index is -3.93. The number of ether oxygens (including phenoxy) is 2. The second-order valence-electron chi connectivity index (χ2n) is 7.91. The fourth-order valence-corrected chi connectivity index (χ4v) is 5.66. The number of carbonyl (C=O) groups is 1. The highest BCUT2D eigenvalue weighted by molar-refractivity contribution is 7.92. The fraction of sp³-hybridized carbons (Fsp3) is 0.240. The predicted octanol–water partition coefficient (Wildman–Crippen LogP) is 3.79. The molecule has 3 rings (SSSR count). The number of sulfonamides is 1. The lowest BCUT2D eigenvalue weighted by atomic mass is 10.1. The number of ketones is 1. The topological polar surface area (TPSA) is 116 Å². The van der Waals surface area contributed by atoms with E-state index in [2.05, 4.69) is 4.72 Å². The van der Waals surface area contributed by atoms with E-state index in [0.29, 0.717) is 17.1 Å². The third-order valence-corrected chi connectivity index (χ3v) is 8.43. The summed E-state index contributed by atoms with van der Waals surface area (Å²) in [6, 6.07) is 17.1. The van der Waals surface area contributed by atoms with Gasteiger partial charge in [0, 0.05) is 18.9 Å². The third kappa shape index (κ3) is 6.83. The molecule has 0 radical (unpaired) electrons. The van der Waals surface area contributed by atoms with Crippen LogP contribution in [0, 0.1) is 6.92 Å². The summed E-state index contributed by atoms with van der Waals surface area (Å²) in [5, 5.41) is 0. The highest BCUT2D eigenvalue weighted by Gasteiger charge is 2.19. The average molecular weight is 518 g/mol. The largest absolute Gasteiger partial charge is 0.497 e. The molecule has 0 fully saturated rings. The molecule has 3 aromatic carbocycles. The standard InChI is InChI=1S/C25H27NO7S2/c1-18-4-9-22(10-5-18)34(28,29)15-14-20(27)16-19-6-11-23(12-7-19)35(30,31)26-24-17-21(32-2)8-13-25(24)33-3/h4-13,17,26H,14-16H2,1-3H3. The molecule has 0 saturated carbocycles. The van der Waals surface area contributed by atoms with Crippen LogP contribution in [0.2, 0.25) is 0 Å². The highest BCUT2D eigenvalue weighted by atomic mass is 32.2. The molecule has 0 atom stereocenters. The van der Waals surface area contributed by atoms with E-state index in [1.165, 1.54) is 56.7 Å². The van der Waals surface area contributed by atoms with Crippen LogP contribution < -0.4 is 14.2 Å². The Bertz CT molecular complexity index is 1400. The molecule has 0 aliphatic carbocycles. The highest BCUT2D eigenvalue weighted by Crippen LogP contribution is 2.31. The van der Waals surface area contributed by atoms with Crippen molar-refractivity contribution in [2.45, 2.75) is 29.6 Å². The minimum Gasteiger partial charge on any atom is -0.497 e. The SMILES string of the molecule is COc1ccc(OC)c(NS(=O)(=O)c2ccc(CC(=O)CCS(=O)(=O)c3ccc(C)cc3)cc2)c1. The maximum atomic E-state index is 12.8. The average Bonchev–Trinajstić information content (AvgIpc) is 2.83. The molecule has 0 aliphatic heterocycles. The first-order valence-corrected chi connectivity index (χ1v) is 13.8. The molecule has 186 valence electrons. The number of benzene rings is 3. The van der Waals surface area contributed by atoms with Crippen LogP contribution in [0.5, 0.6) is 11.5 Å². The number of anilines is 1. The minimum absolute atomic E-state index is 0.000482. The van der Waals surface area contributed by atoms with Crippen LogP contribution >= 0.6 is 0 Å². The van der Waals surface area contributed by atoms with Crippen molar-refractivity contribution in [3.63, 3.8) is 0 Å². The second-order valence-corrected chi connectivity index (χ2v) is 11.7. The number of sulfone groups is 1. The Morgan fingerprint density at radius 1 is 0.829 bits per heavy atom. The molecule has 1 N–H and O–H groups in total. The van der Waals surface area contributed by atoms with Crippen molar-refractivity contribution >= 4 is 31.3 Å². The van der Waals surface area contributed by atoms with E-state index >= 15 is 0 Å². The monoisotopic (exact) mass is 517 g/mol. The van der Waals surface area contributed by atoms with Gasteiger partial charge in [-0.25, -0.2) is 16.8 Å². The van der Waals surface area contributed by atoms with Crippen molar-refractivity contribution in [1.82, 2.24) is 0 Å². The summed E-state index contributed by atoms with van der Waals surface area (Å²) < 4.78 is 63.4. The lowest BCUT2D eigenvalue weighted by Crippen LogP contribution is -2.14. The first-order chi connectivity index (χ1) is 16.5. The van der Waals surface area contributed by atoms with Crippen molar-refractivity contribution in [3.8, 4) is 11.5 Å². The third-order valence-electron chi connectivity index (χ3n) is 5.32. The number of carbonyl (C=O) groups excluding carboxylic acids is 1. The number of nitrogens with one attached hydrogen (secondary N) is 1. The lowest BCUT2D eigenvalue weighted by molar-refractivity contribution is -0.118. The van der Waals surface area contributed by atoms with Crippen LogP contribution in [0.4, 0.5) is 5.69 Å². The Morgan fingerprint density at radius 3 is 2.06 bits per heavy atom. The van der Waals surface area contributed by atoms with Crippen LogP contribution in [0.1, 0.15) is 17.5 Å². The summed E-state index contributed by atoms with van der Waals surface area (Å²) >= 11 is 0. The van der Waals surface area contributed by atoms with Crippen molar-refractivity contribution in [2.75, 3.05) is 24.7 Å². The first-order valence-electron chi connectivity index (χ1n) is 10.7. The Morgan fingerprint density at radius 2 is 1.46 bits per heavy atom. The zero-order chi connectivity index (χ0) is 25.6. The summed E-state index contributed by atoms with van der Waals surface area (Å²) in [5.41, 5.74) is 1.75. The van der Waals surface area contributed by atoms with Crippen LogP contribution in [0.25, 0.3) is 0 Å². The smallest absolute Gasteiger partial charge is 0.262 e. The zero-order valence-corrected chi connectivity index (χ0v) is 21.3. The van der Waals surface area contributed by atoms with Gasteiger partial charge in [0.15, 0.2) is 9.84 Å². The van der Waals surface area contributed by atoms with Gasteiger partial charge < -0.3 is 9.47 Å². The van der Waals surface area contributed by atoms with Crippen molar-refractivity contribution in [3.05, 3.63) is 77.9 Å². The molecule has 0 spiro atoms. The molecular formula is C25H27NO7S2. The van der Waals surface area contributed by atoms with Gasteiger partial charge in [-0.2, -0.15) is 0 Å². The predicted molar refractivity (Wildman–Crippen MR) is 133 cm³/mol. The normalized spacial score (nSPS) is 11.6. The zero-order valence-electron chi connectivity index (χ0n) is 19.6. The van der Waals surface area contributed by atoms with Gasteiger partial charge in [0.25, 0.3) is 10.0 Å². The number of Topliss-reactive ketones (excluding diaryl/α,β-unsaturated/α-hetero) is 1. The van der Waals surface area contributed by atoms with E-state index < -0.39 is 19.9 Å². The molecule has 0 unspecified atom stereocenters. The fourth-order valence-electron chi connectivity index (χ4n) is 3.31. The molecule has 8 nitrogen and oxygen atoms in total. The molecule has 0 heterocycles. The molecule has 0 aliphatic rings. The molecule has 10 heteroatoms. The summed E-state index contributed by atoms with van der Waals surface area (Å²) in [6.07, 6.45) is -0.131. The molecular weight excluding hydrogens is 490 g/mol. The van der Waals surface area contributed by atoms with Gasteiger partial charge in [-0.3, -0.25) is 9.52 Å². The quantitative estimate of drug-likeness (QED) is 0.411. The molecule has 0 bridgehead atoms. The van der Waals surface area contributed by atoms with Gasteiger partial charge in [0.2, 0.25) is 0 Å². The number of hydrogen-bond acceptors (Lipinski definition) is 7. The van der Waals surface area contributed by atoms with Gasteiger partial charge >= 0.3 is 0 Å². The Balaban J connectivity index is 1.64. The first kappa shape index (κ1) is 26.2. The van der Waals surface area contributed by atoms with E-state index in [0.717, 1.165) is 5.56 Å². The van der Waals surface area contributed by atoms with Crippen LogP contribution in [-0.2, 0) is 31.1 Å². The second kappa shape index (κ2) is 10.9. The molecule has 0 amide bonds. The summed E-state index contributed by atoms with van der Waals surface area (Å²) in [7, 11) is -4.59. The molecule has 35 heavy (non-hydrogen) atoms. The van der Waals surface area contributed by atoms with Crippen molar-refractivity contribution < 1.29 is 31.1 Å². The van der Waals surface area contributed by atoms with Crippen LogP contribution in [0.3, 0.4) is 0 Å². The van der Waals surface area contributed by atoms with E-state index in [-0.39, 0.29) is 39.9 Å². The van der Waals surface area contributed by atoms with Gasteiger partial charge in [-0.05, 0) is 48.9 Å². The van der Waals surface area contributed by atoms with Gasteiger partial charge in [0.1, 0.15) is 17.3 Å². The van der Waals surface area contributed by atoms with E-state index in [1.54, 1.807) is 24.3 Å². The van der Waals surface area contributed by atoms with Gasteiger partial charge in [-0.15, -0.1) is 0 Å². The van der Waals surface area contributed by atoms with Crippen LogP contribution in [-0.4, -0.2) is 42.6 Å². The van der Waals surface area contributed by atoms with Crippen molar-refractivity contribution in [1.29, 1.82) is 0 Å². The number of methoxy groups -OCH3 is 2. The Hall–Kier alpha value is -3.37. The van der Waals surface area contributed by atoms with Gasteiger partial charge in [-0.1, -0.05) is 29.8 Å².